The first-order valence-electron chi connectivity index (χ1n) is 6.55. The lowest BCUT2D eigenvalue weighted by Gasteiger charge is -2.10. The maximum Gasteiger partial charge on any atom is 0.258 e. The summed E-state index contributed by atoms with van der Waals surface area (Å²) in [6.45, 7) is 2.11. The van der Waals surface area contributed by atoms with Crippen molar-refractivity contribution in [2.45, 2.75) is 13.5 Å². The maximum absolute atomic E-state index is 11.8. The number of carbonyl (C=O) groups is 1. The zero-order valence-corrected chi connectivity index (χ0v) is 14.1. The zero-order valence-electron chi connectivity index (χ0n) is 11.8. The van der Waals surface area contributed by atoms with Crippen molar-refractivity contribution in [3.63, 3.8) is 0 Å². The molecule has 3 nitrogen and oxygen atoms in total. The number of ether oxygens (including phenoxy) is 1. The van der Waals surface area contributed by atoms with Gasteiger partial charge in [-0.1, -0.05) is 40.9 Å². The average molecular weight is 359 g/mol. The van der Waals surface area contributed by atoms with Gasteiger partial charge < -0.3 is 10.1 Å². The highest BCUT2D eigenvalue weighted by Gasteiger charge is 2.07. The van der Waals surface area contributed by atoms with Crippen LogP contribution in [0.4, 0.5) is 0 Å². The predicted molar refractivity (Wildman–Crippen MR) is 90.0 cm³/mol. The van der Waals surface area contributed by atoms with E-state index in [1.54, 1.807) is 36.4 Å². The van der Waals surface area contributed by atoms with E-state index in [2.05, 4.69) is 5.32 Å². The van der Waals surface area contributed by atoms with Gasteiger partial charge in [-0.3, -0.25) is 4.79 Å². The van der Waals surface area contributed by atoms with E-state index in [-0.39, 0.29) is 12.5 Å². The number of hydrogen-bond acceptors (Lipinski definition) is 2. The van der Waals surface area contributed by atoms with Crippen LogP contribution in [0.3, 0.4) is 0 Å². The molecule has 0 saturated carbocycles. The molecule has 1 amide bonds. The number of amides is 1. The Hall–Kier alpha value is -1.42. The summed E-state index contributed by atoms with van der Waals surface area (Å²) in [4.78, 5) is 11.8. The smallest absolute Gasteiger partial charge is 0.258 e. The molecule has 2 aromatic rings. The molecule has 2 aromatic carbocycles. The predicted octanol–water partition coefficient (Wildman–Crippen LogP) is 4.65. The van der Waals surface area contributed by atoms with Gasteiger partial charge in [0.2, 0.25) is 0 Å². The van der Waals surface area contributed by atoms with Crippen molar-refractivity contribution in [3.05, 3.63) is 62.6 Å². The lowest BCUT2D eigenvalue weighted by Crippen LogP contribution is -2.28. The molecule has 116 valence electrons. The first kappa shape index (κ1) is 16.9. The Morgan fingerprint density at radius 1 is 1.09 bits per heavy atom. The Labute approximate surface area is 144 Å². The van der Waals surface area contributed by atoms with E-state index >= 15 is 0 Å². The van der Waals surface area contributed by atoms with Gasteiger partial charge in [-0.05, 0) is 48.4 Å². The van der Waals surface area contributed by atoms with Crippen LogP contribution in [0.5, 0.6) is 5.75 Å². The molecule has 1 N–H and O–H groups in total. The normalized spacial score (nSPS) is 10.4. The summed E-state index contributed by atoms with van der Waals surface area (Å²) < 4.78 is 5.47. The fraction of sp³-hybridized carbons (Fsp3) is 0.188. The van der Waals surface area contributed by atoms with E-state index in [0.29, 0.717) is 27.4 Å². The van der Waals surface area contributed by atoms with Crippen LogP contribution >= 0.6 is 34.8 Å². The summed E-state index contributed by atoms with van der Waals surface area (Å²) in [5, 5.41) is 4.45. The Kier molecular flexibility index (Phi) is 5.95. The highest BCUT2D eigenvalue weighted by atomic mass is 35.5. The summed E-state index contributed by atoms with van der Waals surface area (Å²) >= 11 is 17.7. The first-order valence-corrected chi connectivity index (χ1v) is 7.68. The third kappa shape index (κ3) is 4.80. The fourth-order valence-electron chi connectivity index (χ4n) is 1.83. The number of benzene rings is 2. The SMILES string of the molecule is Cc1cc(Cl)ccc1OCC(=O)NCc1ccc(Cl)cc1Cl. The van der Waals surface area contributed by atoms with E-state index in [1.807, 2.05) is 6.92 Å². The minimum absolute atomic E-state index is 0.0757. The van der Waals surface area contributed by atoms with Crippen molar-refractivity contribution in [3.8, 4) is 5.75 Å². The molecule has 0 fully saturated rings. The summed E-state index contributed by atoms with van der Waals surface area (Å²) in [7, 11) is 0. The molecule has 0 radical (unpaired) electrons. The highest BCUT2D eigenvalue weighted by Crippen LogP contribution is 2.22. The number of hydrogen-bond donors (Lipinski definition) is 1. The Balaban J connectivity index is 1.85. The van der Waals surface area contributed by atoms with Crippen molar-refractivity contribution in [1.29, 1.82) is 0 Å². The van der Waals surface area contributed by atoms with Gasteiger partial charge in [0.15, 0.2) is 6.61 Å². The molecule has 6 heteroatoms. The second-order valence-corrected chi connectivity index (χ2v) is 5.99. The average Bonchev–Trinajstić information content (AvgIpc) is 2.45. The van der Waals surface area contributed by atoms with Crippen molar-refractivity contribution in [2.24, 2.45) is 0 Å². The minimum atomic E-state index is -0.236. The van der Waals surface area contributed by atoms with Crippen LogP contribution in [-0.2, 0) is 11.3 Å². The number of rotatable bonds is 5. The molecule has 0 aliphatic carbocycles. The molecule has 22 heavy (non-hydrogen) atoms. The summed E-state index contributed by atoms with van der Waals surface area (Å²) in [6.07, 6.45) is 0. The van der Waals surface area contributed by atoms with Crippen molar-refractivity contribution >= 4 is 40.7 Å². The van der Waals surface area contributed by atoms with Crippen LogP contribution in [0.25, 0.3) is 0 Å². The van der Waals surface area contributed by atoms with Gasteiger partial charge in [0, 0.05) is 21.6 Å². The molecule has 0 aromatic heterocycles. The van der Waals surface area contributed by atoms with Crippen LogP contribution in [0.2, 0.25) is 15.1 Å². The number of halogens is 3. The number of carbonyl (C=O) groups excluding carboxylic acids is 1. The largest absolute Gasteiger partial charge is 0.484 e. The first-order chi connectivity index (χ1) is 10.5. The van der Waals surface area contributed by atoms with E-state index in [4.69, 9.17) is 39.5 Å². The van der Waals surface area contributed by atoms with Crippen LogP contribution in [0.1, 0.15) is 11.1 Å². The molecular formula is C16H14Cl3NO2. The Morgan fingerprint density at radius 2 is 1.77 bits per heavy atom. The molecule has 2 rings (SSSR count). The van der Waals surface area contributed by atoms with Gasteiger partial charge in [-0.15, -0.1) is 0 Å². The Bertz CT molecular complexity index is 632. The lowest BCUT2D eigenvalue weighted by molar-refractivity contribution is -0.123. The summed E-state index contributed by atoms with van der Waals surface area (Å²) in [5.74, 6) is 0.393. The van der Waals surface area contributed by atoms with Crippen LogP contribution in [0.15, 0.2) is 36.4 Å². The maximum atomic E-state index is 11.8. The summed E-state index contributed by atoms with van der Waals surface area (Å²) in [6, 6.07) is 10.4. The fourth-order valence-corrected chi connectivity index (χ4v) is 2.53. The molecule has 0 aliphatic heterocycles. The molecule has 0 unspecified atom stereocenters. The van der Waals surface area contributed by atoms with E-state index in [1.165, 1.54) is 0 Å². The van der Waals surface area contributed by atoms with Gasteiger partial charge in [-0.2, -0.15) is 0 Å². The quantitative estimate of drug-likeness (QED) is 0.845. The van der Waals surface area contributed by atoms with Crippen LogP contribution in [0, 0.1) is 6.92 Å². The van der Waals surface area contributed by atoms with Crippen molar-refractivity contribution < 1.29 is 9.53 Å². The molecular weight excluding hydrogens is 345 g/mol. The molecule has 0 atom stereocenters. The lowest BCUT2D eigenvalue weighted by atomic mass is 10.2. The van der Waals surface area contributed by atoms with Gasteiger partial charge >= 0.3 is 0 Å². The molecule has 0 aliphatic rings. The van der Waals surface area contributed by atoms with Crippen molar-refractivity contribution in [1.82, 2.24) is 5.32 Å². The topological polar surface area (TPSA) is 38.3 Å². The third-order valence-corrected chi connectivity index (χ3v) is 3.81. The highest BCUT2D eigenvalue weighted by molar-refractivity contribution is 6.35. The van der Waals surface area contributed by atoms with E-state index < -0.39 is 0 Å². The molecule has 0 heterocycles. The number of aryl methyl sites for hydroxylation is 1. The molecule has 0 saturated heterocycles. The van der Waals surface area contributed by atoms with E-state index in [9.17, 15) is 4.79 Å². The molecule has 0 bridgehead atoms. The van der Waals surface area contributed by atoms with Gasteiger partial charge in [0.05, 0.1) is 0 Å². The van der Waals surface area contributed by atoms with Gasteiger partial charge in [0.25, 0.3) is 5.91 Å². The van der Waals surface area contributed by atoms with Gasteiger partial charge in [0.1, 0.15) is 5.75 Å². The van der Waals surface area contributed by atoms with Crippen molar-refractivity contribution in [2.75, 3.05) is 6.61 Å². The zero-order chi connectivity index (χ0) is 16.1. The van der Waals surface area contributed by atoms with Crippen LogP contribution in [-0.4, -0.2) is 12.5 Å². The minimum Gasteiger partial charge on any atom is -0.484 e. The third-order valence-electron chi connectivity index (χ3n) is 2.99. The second kappa shape index (κ2) is 7.73. The van der Waals surface area contributed by atoms with Crippen LogP contribution < -0.4 is 10.1 Å². The van der Waals surface area contributed by atoms with Gasteiger partial charge in [-0.25, -0.2) is 0 Å². The monoisotopic (exact) mass is 357 g/mol. The van der Waals surface area contributed by atoms with E-state index in [0.717, 1.165) is 11.1 Å². The second-order valence-electron chi connectivity index (χ2n) is 4.71. The standard InChI is InChI=1S/C16H14Cl3NO2/c1-10-6-12(17)4-5-15(10)22-9-16(21)20-8-11-2-3-13(18)7-14(11)19/h2-7H,8-9H2,1H3,(H,20,21). The molecule has 0 spiro atoms. The summed E-state index contributed by atoms with van der Waals surface area (Å²) in [5.41, 5.74) is 1.67. The Morgan fingerprint density at radius 3 is 2.45 bits per heavy atom. The number of nitrogens with one attached hydrogen (secondary N) is 1.